The van der Waals surface area contributed by atoms with E-state index in [0.29, 0.717) is 30.1 Å². The number of imidazole rings is 1. The van der Waals surface area contributed by atoms with Crippen LogP contribution in [0.1, 0.15) is 5.56 Å². The molecule has 0 saturated carbocycles. The molecule has 27 heavy (non-hydrogen) atoms. The lowest BCUT2D eigenvalue weighted by atomic mass is 10.1. The normalized spacial score (nSPS) is 11.8. The van der Waals surface area contributed by atoms with Crippen LogP contribution in [-0.2, 0) is 6.18 Å². The van der Waals surface area contributed by atoms with E-state index in [4.69, 9.17) is 0 Å². The molecule has 3 N–H and O–H groups in total. The van der Waals surface area contributed by atoms with Crippen LogP contribution in [0, 0.1) is 0 Å². The molecular weight excluding hydrogens is 355 g/mol. The Kier molecular flexibility index (Phi) is 4.31. The fraction of sp³-hybridized carbons (Fsp3) is 0.158. The number of nitrogens with zero attached hydrogens (tertiary/aromatic N) is 2. The van der Waals surface area contributed by atoms with Gasteiger partial charge in [-0.1, -0.05) is 24.3 Å². The quantitative estimate of drug-likeness (QED) is 0.447. The lowest BCUT2D eigenvalue weighted by molar-refractivity contribution is -0.137. The SMILES string of the molecule is FC(F)(F)c1ccc2nc(NCCNc3nccc4ccccc34)[nH]c2c1. The maximum atomic E-state index is 12.8. The van der Waals surface area contributed by atoms with Crippen molar-refractivity contribution in [2.45, 2.75) is 6.18 Å². The molecule has 5 nitrogen and oxygen atoms in total. The van der Waals surface area contributed by atoms with Crippen molar-refractivity contribution in [3.63, 3.8) is 0 Å². The highest BCUT2D eigenvalue weighted by Crippen LogP contribution is 2.31. The Morgan fingerprint density at radius 1 is 0.963 bits per heavy atom. The van der Waals surface area contributed by atoms with Crippen LogP contribution in [0.15, 0.2) is 54.7 Å². The molecule has 4 rings (SSSR count). The van der Waals surface area contributed by atoms with Crippen LogP contribution in [0.5, 0.6) is 0 Å². The third-order valence-corrected chi connectivity index (χ3v) is 4.19. The van der Waals surface area contributed by atoms with E-state index >= 15 is 0 Å². The number of nitrogens with one attached hydrogen (secondary N) is 3. The summed E-state index contributed by atoms with van der Waals surface area (Å²) in [6.07, 6.45) is -2.63. The van der Waals surface area contributed by atoms with Gasteiger partial charge in [0.05, 0.1) is 16.6 Å². The number of aromatic nitrogens is 3. The molecule has 0 saturated heterocycles. The highest BCUT2D eigenvalue weighted by molar-refractivity contribution is 5.91. The number of hydrogen-bond donors (Lipinski definition) is 3. The number of halogens is 3. The summed E-state index contributed by atoms with van der Waals surface area (Å²) in [7, 11) is 0. The zero-order valence-corrected chi connectivity index (χ0v) is 14.1. The van der Waals surface area contributed by atoms with Gasteiger partial charge >= 0.3 is 6.18 Å². The average molecular weight is 371 g/mol. The molecule has 0 atom stereocenters. The number of anilines is 2. The molecule has 2 aromatic carbocycles. The lowest BCUT2D eigenvalue weighted by Crippen LogP contribution is -2.15. The van der Waals surface area contributed by atoms with Gasteiger partial charge in [-0.25, -0.2) is 9.97 Å². The zero-order chi connectivity index (χ0) is 18.9. The summed E-state index contributed by atoms with van der Waals surface area (Å²) in [4.78, 5) is 11.5. The van der Waals surface area contributed by atoms with Crippen molar-refractivity contribution in [2.24, 2.45) is 0 Å². The average Bonchev–Trinajstić information content (AvgIpc) is 3.06. The minimum atomic E-state index is -4.37. The molecule has 0 aliphatic carbocycles. The first kappa shape index (κ1) is 17.1. The molecule has 0 bridgehead atoms. The molecular formula is C19H16F3N5. The summed E-state index contributed by atoms with van der Waals surface area (Å²) in [5, 5.41) is 8.46. The first-order chi connectivity index (χ1) is 13.0. The molecule has 2 heterocycles. The van der Waals surface area contributed by atoms with Crippen LogP contribution < -0.4 is 10.6 Å². The van der Waals surface area contributed by atoms with Crippen molar-refractivity contribution >= 4 is 33.6 Å². The van der Waals surface area contributed by atoms with E-state index < -0.39 is 11.7 Å². The fourth-order valence-electron chi connectivity index (χ4n) is 2.89. The smallest absolute Gasteiger partial charge is 0.368 e. The molecule has 2 aromatic heterocycles. The summed E-state index contributed by atoms with van der Waals surface area (Å²) >= 11 is 0. The Labute approximate surface area is 152 Å². The molecule has 138 valence electrons. The topological polar surface area (TPSA) is 65.6 Å². The van der Waals surface area contributed by atoms with Gasteiger partial charge in [-0.3, -0.25) is 0 Å². The Bertz CT molecular complexity index is 1080. The van der Waals surface area contributed by atoms with Gasteiger partial charge in [0.1, 0.15) is 5.82 Å². The Morgan fingerprint density at radius 2 is 1.78 bits per heavy atom. The van der Waals surface area contributed by atoms with Gasteiger partial charge in [0.2, 0.25) is 5.95 Å². The van der Waals surface area contributed by atoms with E-state index in [1.54, 1.807) is 6.20 Å². The van der Waals surface area contributed by atoms with Crippen molar-refractivity contribution in [3.8, 4) is 0 Å². The molecule has 0 fully saturated rings. The van der Waals surface area contributed by atoms with Crippen molar-refractivity contribution in [3.05, 3.63) is 60.3 Å². The number of aromatic amines is 1. The second-order valence-corrected chi connectivity index (χ2v) is 6.05. The minimum absolute atomic E-state index is 0.344. The van der Waals surface area contributed by atoms with Gasteiger partial charge in [0.15, 0.2) is 0 Å². The standard InChI is InChI=1S/C19H16F3N5/c20-19(21,22)13-5-6-15-16(11-13)27-18(26-15)25-10-9-24-17-14-4-2-1-3-12(14)7-8-23-17/h1-8,11H,9-10H2,(H,23,24)(H2,25,26,27). The number of benzene rings is 2. The van der Waals surface area contributed by atoms with E-state index in [1.807, 2.05) is 30.3 Å². The molecule has 4 aromatic rings. The van der Waals surface area contributed by atoms with Gasteiger partial charge < -0.3 is 15.6 Å². The van der Waals surface area contributed by atoms with Crippen molar-refractivity contribution < 1.29 is 13.2 Å². The van der Waals surface area contributed by atoms with Crippen LogP contribution in [0.25, 0.3) is 21.8 Å². The summed E-state index contributed by atoms with van der Waals surface area (Å²) in [5.41, 5.74) is 0.124. The molecule has 0 unspecified atom stereocenters. The number of H-pyrrole nitrogens is 1. The Morgan fingerprint density at radius 3 is 2.63 bits per heavy atom. The van der Waals surface area contributed by atoms with Gasteiger partial charge in [-0.2, -0.15) is 13.2 Å². The van der Waals surface area contributed by atoms with E-state index in [-0.39, 0.29) is 0 Å². The fourth-order valence-corrected chi connectivity index (χ4v) is 2.89. The molecule has 0 amide bonds. The predicted molar refractivity (Wildman–Crippen MR) is 99.8 cm³/mol. The third kappa shape index (κ3) is 3.64. The number of pyridine rings is 1. The van der Waals surface area contributed by atoms with Gasteiger partial charge in [0.25, 0.3) is 0 Å². The second kappa shape index (κ2) is 6.79. The van der Waals surface area contributed by atoms with Crippen LogP contribution in [0.3, 0.4) is 0 Å². The van der Waals surface area contributed by atoms with E-state index in [9.17, 15) is 13.2 Å². The number of hydrogen-bond acceptors (Lipinski definition) is 4. The van der Waals surface area contributed by atoms with Crippen LogP contribution in [0.2, 0.25) is 0 Å². The van der Waals surface area contributed by atoms with Gasteiger partial charge in [-0.05, 0) is 29.7 Å². The summed E-state index contributed by atoms with van der Waals surface area (Å²) < 4.78 is 38.3. The van der Waals surface area contributed by atoms with Crippen LogP contribution in [0.4, 0.5) is 24.9 Å². The van der Waals surface area contributed by atoms with E-state index in [2.05, 4.69) is 25.6 Å². The van der Waals surface area contributed by atoms with Gasteiger partial charge in [0, 0.05) is 24.7 Å². The zero-order valence-electron chi connectivity index (χ0n) is 14.1. The lowest BCUT2D eigenvalue weighted by Gasteiger charge is -2.09. The molecule has 0 aliphatic rings. The number of alkyl halides is 3. The first-order valence-corrected chi connectivity index (χ1v) is 8.39. The van der Waals surface area contributed by atoms with E-state index in [0.717, 1.165) is 28.7 Å². The first-order valence-electron chi connectivity index (χ1n) is 8.39. The van der Waals surface area contributed by atoms with Gasteiger partial charge in [-0.15, -0.1) is 0 Å². The maximum absolute atomic E-state index is 12.8. The summed E-state index contributed by atoms with van der Waals surface area (Å²) in [6, 6.07) is 13.3. The molecule has 0 aliphatic heterocycles. The molecule has 0 radical (unpaired) electrons. The highest BCUT2D eigenvalue weighted by atomic mass is 19.4. The summed E-state index contributed by atoms with van der Waals surface area (Å²) in [5.74, 6) is 1.21. The maximum Gasteiger partial charge on any atom is 0.416 e. The Balaban J connectivity index is 1.40. The van der Waals surface area contributed by atoms with Crippen molar-refractivity contribution in [1.82, 2.24) is 15.0 Å². The molecule has 0 spiro atoms. The van der Waals surface area contributed by atoms with Crippen molar-refractivity contribution in [1.29, 1.82) is 0 Å². The van der Waals surface area contributed by atoms with Crippen molar-refractivity contribution in [2.75, 3.05) is 23.7 Å². The van der Waals surface area contributed by atoms with Crippen LogP contribution >= 0.6 is 0 Å². The number of rotatable bonds is 5. The molecule has 8 heteroatoms. The predicted octanol–water partition coefficient (Wildman–Crippen LogP) is 4.65. The minimum Gasteiger partial charge on any atom is -0.368 e. The van der Waals surface area contributed by atoms with E-state index in [1.165, 1.54) is 6.07 Å². The summed E-state index contributed by atoms with van der Waals surface area (Å²) in [6.45, 7) is 1.10. The number of fused-ring (bicyclic) bond motifs is 2. The van der Waals surface area contributed by atoms with Crippen LogP contribution in [-0.4, -0.2) is 28.0 Å². The monoisotopic (exact) mass is 371 g/mol. The highest BCUT2D eigenvalue weighted by Gasteiger charge is 2.30. The largest absolute Gasteiger partial charge is 0.416 e. The Hall–Kier alpha value is -3.29. The second-order valence-electron chi connectivity index (χ2n) is 6.05. The third-order valence-electron chi connectivity index (χ3n) is 4.19.